The number of benzene rings is 1. The minimum Gasteiger partial charge on any atom is -0.480 e. The van der Waals surface area contributed by atoms with Gasteiger partial charge in [0.2, 0.25) is 0 Å². The van der Waals surface area contributed by atoms with Gasteiger partial charge in [0.15, 0.2) is 0 Å². The van der Waals surface area contributed by atoms with Gasteiger partial charge >= 0.3 is 11.9 Å². The molecule has 0 bridgehead atoms. The third-order valence-corrected chi connectivity index (χ3v) is 6.54. The third-order valence-electron chi connectivity index (χ3n) is 6.54. The number of rotatable bonds is 5. The summed E-state index contributed by atoms with van der Waals surface area (Å²) >= 11 is 0. The second-order valence-corrected chi connectivity index (χ2v) is 8.11. The van der Waals surface area contributed by atoms with Crippen molar-refractivity contribution in [1.82, 2.24) is 0 Å². The average Bonchev–Trinajstić information content (AvgIpc) is 3.34. The zero-order valence-electron chi connectivity index (χ0n) is 16.9. The van der Waals surface area contributed by atoms with Crippen LogP contribution >= 0.6 is 0 Å². The van der Waals surface area contributed by atoms with E-state index in [2.05, 4.69) is 0 Å². The first kappa shape index (κ1) is 19.6. The minimum absolute atomic E-state index is 0.116. The van der Waals surface area contributed by atoms with Crippen LogP contribution in [0.15, 0.2) is 35.1 Å². The second-order valence-electron chi connectivity index (χ2n) is 8.11. The van der Waals surface area contributed by atoms with Crippen LogP contribution in [0.25, 0.3) is 0 Å². The molecule has 6 nitrogen and oxygen atoms in total. The lowest BCUT2D eigenvalue weighted by Crippen LogP contribution is -2.34. The lowest BCUT2D eigenvalue weighted by molar-refractivity contribution is -0.135. The van der Waals surface area contributed by atoms with Gasteiger partial charge in [-0.25, -0.2) is 4.79 Å². The second kappa shape index (κ2) is 7.93. The number of hydrogen-bond acceptors (Lipinski definition) is 5. The fourth-order valence-electron chi connectivity index (χ4n) is 5.36. The molecule has 154 valence electrons. The number of aliphatic carboxylic acids is 1. The first-order valence-electron chi connectivity index (χ1n) is 10.2. The Hall–Kier alpha value is -2.76. The van der Waals surface area contributed by atoms with Crippen LogP contribution < -0.4 is 4.90 Å². The number of nitrogens with zero attached hydrogens (tertiary/aromatic N) is 1. The van der Waals surface area contributed by atoms with Crippen molar-refractivity contribution in [1.29, 1.82) is 0 Å². The highest BCUT2D eigenvalue weighted by Gasteiger charge is 2.45. The molecule has 29 heavy (non-hydrogen) atoms. The molecule has 2 aromatic rings. The molecule has 1 N–H and O–H groups in total. The van der Waals surface area contributed by atoms with Gasteiger partial charge in [0, 0.05) is 17.2 Å². The van der Waals surface area contributed by atoms with Crippen LogP contribution in [0, 0.1) is 12.8 Å². The van der Waals surface area contributed by atoms with Gasteiger partial charge in [-0.3, -0.25) is 4.79 Å². The number of ether oxygens (including phenoxy) is 1. The fraction of sp³-hybridized carbons (Fsp3) is 0.478. The largest absolute Gasteiger partial charge is 0.480 e. The molecule has 2 heterocycles. The molecule has 2 unspecified atom stereocenters. The lowest BCUT2D eigenvalue weighted by atomic mass is 9.73. The van der Waals surface area contributed by atoms with E-state index in [0.29, 0.717) is 11.5 Å². The van der Waals surface area contributed by atoms with E-state index in [1.54, 1.807) is 12.5 Å². The zero-order chi connectivity index (χ0) is 20.5. The number of hydrogen-bond donors (Lipinski definition) is 1. The quantitative estimate of drug-likeness (QED) is 0.738. The Morgan fingerprint density at radius 3 is 2.59 bits per heavy atom. The highest BCUT2D eigenvalue weighted by atomic mass is 16.5. The molecule has 1 aromatic carbocycles. The highest BCUT2D eigenvalue weighted by Crippen LogP contribution is 2.56. The minimum atomic E-state index is -0.892. The number of carbonyl (C=O) groups excluding carboxylic acids is 1. The van der Waals surface area contributed by atoms with Crippen LogP contribution in [0.4, 0.5) is 5.69 Å². The van der Waals surface area contributed by atoms with Crippen molar-refractivity contribution in [3.05, 3.63) is 53.0 Å². The first-order chi connectivity index (χ1) is 14.0. The Bertz CT molecular complexity index is 898. The third kappa shape index (κ3) is 3.41. The number of carboxylic acids is 1. The highest BCUT2D eigenvalue weighted by molar-refractivity contribution is 5.94. The first-order valence-corrected chi connectivity index (χ1v) is 10.2. The van der Waals surface area contributed by atoms with E-state index in [0.717, 1.165) is 35.2 Å². The predicted octanol–water partition coefficient (Wildman–Crippen LogP) is 4.68. The Labute approximate surface area is 170 Å². The maximum atomic E-state index is 12.3. The van der Waals surface area contributed by atoms with Gasteiger partial charge in [0.25, 0.3) is 0 Å². The summed E-state index contributed by atoms with van der Waals surface area (Å²) in [5.41, 5.74) is 4.24. The van der Waals surface area contributed by atoms with Crippen LogP contribution in [0.5, 0.6) is 0 Å². The molecule has 1 aromatic heterocycles. The molecule has 2 aliphatic rings. The van der Waals surface area contributed by atoms with Crippen molar-refractivity contribution in [2.45, 2.75) is 51.0 Å². The van der Waals surface area contributed by atoms with Crippen LogP contribution in [-0.4, -0.2) is 30.7 Å². The molecule has 1 saturated carbocycles. The molecular weight excluding hydrogens is 370 g/mol. The summed E-state index contributed by atoms with van der Waals surface area (Å²) in [6.07, 6.45) is 9.29. The molecule has 0 radical (unpaired) electrons. The molecule has 1 aliphatic carbocycles. The Morgan fingerprint density at radius 1 is 1.21 bits per heavy atom. The van der Waals surface area contributed by atoms with Crippen molar-refractivity contribution >= 4 is 17.6 Å². The molecule has 1 aliphatic heterocycles. The maximum Gasteiger partial charge on any atom is 0.338 e. The van der Waals surface area contributed by atoms with Gasteiger partial charge in [0.1, 0.15) is 6.54 Å². The van der Waals surface area contributed by atoms with E-state index >= 15 is 0 Å². The Balaban J connectivity index is 1.89. The summed E-state index contributed by atoms with van der Waals surface area (Å²) in [5.74, 6) is -0.643. The fourth-order valence-corrected chi connectivity index (χ4v) is 5.36. The van der Waals surface area contributed by atoms with Crippen molar-refractivity contribution in [2.75, 3.05) is 18.6 Å². The summed E-state index contributed by atoms with van der Waals surface area (Å²) in [6, 6.07) is 5.64. The number of esters is 1. The van der Waals surface area contributed by atoms with Crippen LogP contribution in [-0.2, 0) is 9.53 Å². The molecule has 2 atom stereocenters. The van der Waals surface area contributed by atoms with Crippen LogP contribution in [0.3, 0.4) is 0 Å². The van der Waals surface area contributed by atoms with Gasteiger partial charge < -0.3 is 19.2 Å². The summed E-state index contributed by atoms with van der Waals surface area (Å²) in [4.78, 5) is 26.0. The number of furan rings is 1. The number of carboxylic acid groups (broad SMARTS) is 1. The molecule has 1 fully saturated rings. The van der Waals surface area contributed by atoms with Gasteiger partial charge in [-0.2, -0.15) is 0 Å². The van der Waals surface area contributed by atoms with Gasteiger partial charge in [-0.1, -0.05) is 25.3 Å². The van der Waals surface area contributed by atoms with E-state index in [4.69, 9.17) is 9.15 Å². The monoisotopic (exact) mass is 397 g/mol. The summed E-state index contributed by atoms with van der Waals surface area (Å²) in [6.45, 7) is 1.76. The van der Waals surface area contributed by atoms with Crippen LogP contribution in [0.2, 0.25) is 0 Å². The number of fused-ring (bicyclic) bond motifs is 1. The number of carbonyl (C=O) groups is 2. The van der Waals surface area contributed by atoms with Crippen LogP contribution in [0.1, 0.15) is 71.1 Å². The molecule has 6 heteroatoms. The van der Waals surface area contributed by atoms with E-state index < -0.39 is 11.9 Å². The van der Waals surface area contributed by atoms with E-state index in [1.165, 1.54) is 26.4 Å². The topological polar surface area (TPSA) is 80.0 Å². The Morgan fingerprint density at radius 2 is 1.97 bits per heavy atom. The van der Waals surface area contributed by atoms with Crippen molar-refractivity contribution in [2.24, 2.45) is 5.92 Å². The number of methoxy groups -OCH3 is 1. The number of anilines is 1. The van der Waals surface area contributed by atoms with Crippen molar-refractivity contribution < 1.29 is 23.8 Å². The molecule has 4 rings (SSSR count). The summed E-state index contributed by atoms with van der Waals surface area (Å²) < 4.78 is 10.3. The van der Waals surface area contributed by atoms with Gasteiger partial charge in [0.05, 0.1) is 31.2 Å². The standard InChI is InChI=1S/C23H27NO5/c1-14-17(23(27)28-2)8-9-18-20(15-6-4-3-5-7-15)22(16-10-11-29-13-16)24(21(14)18)12-19(25)26/h8-11,13,15,20,22H,3-7,12H2,1-2H3,(H,25,26). The summed E-state index contributed by atoms with van der Waals surface area (Å²) in [7, 11) is 1.36. The molecule has 0 amide bonds. The maximum absolute atomic E-state index is 12.3. The lowest BCUT2D eigenvalue weighted by Gasteiger charge is -2.34. The zero-order valence-corrected chi connectivity index (χ0v) is 16.9. The molecule has 0 spiro atoms. The SMILES string of the molecule is COC(=O)c1ccc2c(c1C)N(CC(=O)O)C(c1ccoc1)C2C1CCCCC1. The van der Waals surface area contributed by atoms with Gasteiger partial charge in [-0.05, 0) is 48.9 Å². The average molecular weight is 397 g/mol. The summed E-state index contributed by atoms with van der Waals surface area (Å²) in [5, 5.41) is 9.67. The normalized spacial score (nSPS) is 21.8. The van der Waals surface area contributed by atoms with E-state index in [1.807, 2.05) is 30.0 Å². The Kier molecular flexibility index (Phi) is 5.35. The van der Waals surface area contributed by atoms with Gasteiger partial charge in [-0.15, -0.1) is 0 Å². The van der Waals surface area contributed by atoms with E-state index in [-0.39, 0.29) is 18.5 Å². The molecule has 0 saturated heterocycles. The van der Waals surface area contributed by atoms with Crippen molar-refractivity contribution in [3.8, 4) is 0 Å². The molecular formula is C23H27NO5. The smallest absolute Gasteiger partial charge is 0.338 e. The predicted molar refractivity (Wildman–Crippen MR) is 108 cm³/mol. The van der Waals surface area contributed by atoms with E-state index in [9.17, 15) is 14.7 Å². The van der Waals surface area contributed by atoms with Crippen molar-refractivity contribution in [3.63, 3.8) is 0 Å².